The zero-order valence-corrected chi connectivity index (χ0v) is 47.3. The van der Waals surface area contributed by atoms with E-state index in [0.29, 0.717) is 0 Å². The number of nitrogens with zero attached hydrogens (tertiary/aromatic N) is 1. The first kappa shape index (κ1) is 47.9. The van der Waals surface area contributed by atoms with Crippen LogP contribution < -0.4 is 4.90 Å². The van der Waals surface area contributed by atoms with Gasteiger partial charge in [0.2, 0.25) is 0 Å². The highest BCUT2D eigenvalue weighted by atomic mass is 32.2. The van der Waals surface area contributed by atoms with Crippen LogP contribution in [0.5, 0.6) is 0 Å². The fourth-order valence-corrected chi connectivity index (χ4v) is 18.3. The molecule has 0 saturated heterocycles. The topological polar surface area (TPSA) is 3.24 Å². The third-order valence-electron chi connectivity index (χ3n) is 19.1. The lowest BCUT2D eigenvalue weighted by molar-refractivity contribution is 0.722. The van der Waals surface area contributed by atoms with Crippen molar-refractivity contribution in [1.82, 2.24) is 0 Å². The van der Waals surface area contributed by atoms with Crippen LogP contribution in [-0.4, -0.2) is 0 Å². The van der Waals surface area contributed by atoms with Crippen LogP contribution in [0.4, 0.5) is 17.1 Å². The molecule has 0 N–H and O–H groups in total. The van der Waals surface area contributed by atoms with Gasteiger partial charge < -0.3 is 4.90 Å². The van der Waals surface area contributed by atoms with E-state index in [9.17, 15) is 0 Å². The van der Waals surface area contributed by atoms with Crippen molar-refractivity contribution in [3.8, 4) is 44.5 Å². The van der Waals surface area contributed by atoms with Crippen molar-refractivity contribution in [3.05, 3.63) is 376 Å². The van der Waals surface area contributed by atoms with Gasteiger partial charge in [-0.05, 0) is 172 Å². The minimum absolute atomic E-state index is 0.488. The molecule has 0 unspecified atom stereocenters. The fourth-order valence-electron chi connectivity index (χ4n) is 16.0. The molecule has 13 aromatic carbocycles. The zero-order chi connectivity index (χ0) is 55.1. The van der Waals surface area contributed by atoms with E-state index >= 15 is 0 Å². The first-order chi connectivity index (χ1) is 41.7. The van der Waals surface area contributed by atoms with Crippen LogP contribution in [-0.2, 0) is 16.2 Å². The van der Waals surface area contributed by atoms with E-state index in [1.807, 2.05) is 23.5 Å². The second-order valence-electron chi connectivity index (χ2n) is 22.9. The normalized spacial score (nSPS) is 14.9. The molecular formula is C81H51NS2. The summed E-state index contributed by atoms with van der Waals surface area (Å²) in [6, 6.07) is 117. The number of hydrogen-bond donors (Lipinski definition) is 0. The Bertz CT molecular complexity index is 4750. The standard InChI is InChI=1S/C81H51NS2/c1-3-24-53(25-4-1)79(54-26-5-2-6-27-54)66-35-12-9-31-62(66)78-58(32-22-40-72(78)79)52-23-21-28-55(49-52)82(56-46-48-67-63(50-56)60-30-8-11-34-65(60)80(67)68-36-13-17-41-74(68)83-75-42-18-14-37-69(75)80)57-45-47-61-59-29-7-10-33-64(59)81(73(61)51-57)70-38-15-19-43-76(70)84-77-44-20-16-39-71(77)81/h1-51H. The lowest BCUT2D eigenvalue weighted by atomic mass is 9.67. The van der Waals surface area contributed by atoms with Crippen molar-refractivity contribution in [2.75, 3.05) is 4.90 Å². The van der Waals surface area contributed by atoms with Gasteiger partial charge in [0.1, 0.15) is 0 Å². The minimum atomic E-state index is -0.543. The van der Waals surface area contributed by atoms with Gasteiger partial charge in [0, 0.05) is 36.6 Å². The molecule has 1 nitrogen and oxygen atoms in total. The molecule has 18 rings (SSSR count). The van der Waals surface area contributed by atoms with Crippen molar-refractivity contribution in [1.29, 1.82) is 0 Å². The van der Waals surface area contributed by atoms with Gasteiger partial charge >= 0.3 is 0 Å². The second-order valence-corrected chi connectivity index (χ2v) is 25.0. The molecule has 3 aliphatic carbocycles. The van der Waals surface area contributed by atoms with Gasteiger partial charge in [0.25, 0.3) is 0 Å². The Labute approximate surface area is 498 Å². The van der Waals surface area contributed by atoms with E-state index in [1.54, 1.807) is 0 Å². The zero-order valence-electron chi connectivity index (χ0n) is 45.7. The molecule has 0 saturated carbocycles. The number of anilines is 3. The van der Waals surface area contributed by atoms with Crippen LogP contribution in [0.3, 0.4) is 0 Å². The molecule has 2 aliphatic heterocycles. The van der Waals surface area contributed by atoms with E-state index in [4.69, 9.17) is 0 Å². The minimum Gasteiger partial charge on any atom is -0.310 e. The molecule has 0 fully saturated rings. The predicted molar refractivity (Wildman–Crippen MR) is 347 cm³/mol. The quantitative estimate of drug-likeness (QED) is 0.163. The molecular weight excluding hydrogens is 1050 g/mol. The average Bonchev–Trinajstić information content (AvgIpc) is 2.02. The van der Waals surface area contributed by atoms with E-state index in [0.717, 1.165) is 22.6 Å². The van der Waals surface area contributed by atoms with E-state index in [-0.39, 0.29) is 0 Å². The molecule has 3 heteroatoms. The van der Waals surface area contributed by atoms with Gasteiger partial charge in [-0.1, -0.05) is 272 Å². The van der Waals surface area contributed by atoms with Crippen LogP contribution in [0.1, 0.15) is 66.8 Å². The van der Waals surface area contributed by atoms with Crippen molar-refractivity contribution in [3.63, 3.8) is 0 Å². The molecule has 5 aliphatic rings. The van der Waals surface area contributed by atoms with Gasteiger partial charge in [0.15, 0.2) is 0 Å². The van der Waals surface area contributed by atoms with Crippen molar-refractivity contribution >= 4 is 40.6 Å². The summed E-state index contributed by atoms with van der Waals surface area (Å²) in [7, 11) is 0. The highest BCUT2D eigenvalue weighted by molar-refractivity contribution is 7.99. The number of rotatable bonds is 6. The average molecular weight is 1100 g/mol. The van der Waals surface area contributed by atoms with Crippen LogP contribution in [0, 0.1) is 0 Å². The molecule has 0 bridgehead atoms. The Morgan fingerprint density at radius 1 is 0.214 bits per heavy atom. The third kappa shape index (κ3) is 6.33. The number of fused-ring (bicyclic) bond motifs is 21. The summed E-state index contributed by atoms with van der Waals surface area (Å²) in [5.41, 5.74) is 27.5. The van der Waals surface area contributed by atoms with Crippen molar-refractivity contribution in [2.45, 2.75) is 35.8 Å². The van der Waals surface area contributed by atoms with Gasteiger partial charge in [-0.3, -0.25) is 0 Å². The van der Waals surface area contributed by atoms with Crippen molar-refractivity contribution in [2.24, 2.45) is 0 Å². The highest BCUT2D eigenvalue weighted by Crippen LogP contribution is 2.66. The van der Waals surface area contributed by atoms with Crippen LogP contribution in [0.25, 0.3) is 44.5 Å². The Hall–Kier alpha value is -9.64. The van der Waals surface area contributed by atoms with E-state index < -0.39 is 16.2 Å². The summed E-state index contributed by atoms with van der Waals surface area (Å²) < 4.78 is 0. The maximum Gasteiger partial charge on any atom is 0.0736 e. The molecule has 0 atom stereocenters. The van der Waals surface area contributed by atoms with Crippen LogP contribution in [0.15, 0.2) is 329 Å². The van der Waals surface area contributed by atoms with Gasteiger partial charge in [-0.25, -0.2) is 0 Å². The summed E-state index contributed by atoms with van der Waals surface area (Å²) >= 11 is 3.78. The summed E-state index contributed by atoms with van der Waals surface area (Å²) in [4.78, 5) is 7.75. The van der Waals surface area contributed by atoms with Gasteiger partial charge in [-0.15, -0.1) is 0 Å². The summed E-state index contributed by atoms with van der Waals surface area (Å²) in [6.45, 7) is 0. The monoisotopic (exact) mass is 1100 g/mol. The molecule has 0 amide bonds. The van der Waals surface area contributed by atoms with Crippen molar-refractivity contribution < 1.29 is 0 Å². The first-order valence-corrected chi connectivity index (χ1v) is 30.8. The third-order valence-corrected chi connectivity index (χ3v) is 21.4. The maximum atomic E-state index is 2.55. The smallest absolute Gasteiger partial charge is 0.0736 e. The molecule has 2 spiro atoms. The molecule has 0 aromatic heterocycles. The maximum absolute atomic E-state index is 2.55. The Morgan fingerprint density at radius 3 is 1.17 bits per heavy atom. The van der Waals surface area contributed by atoms with E-state index in [1.165, 1.54) is 125 Å². The lowest BCUT2D eigenvalue weighted by Crippen LogP contribution is -2.32. The summed E-state index contributed by atoms with van der Waals surface area (Å²) in [6.07, 6.45) is 0. The highest BCUT2D eigenvalue weighted by Gasteiger charge is 2.53. The van der Waals surface area contributed by atoms with Gasteiger partial charge in [-0.2, -0.15) is 0 Å². The Balaban J connectivity index is 0.893. The molecule has 13 aromatic rings. The van der Waals surface area contributed by atoms with Crippen LogP contribution >= 0.6 is 23.5 Å². The first-order valence-electron chi connectivity index (χ1n) is 29.1. The molecule has 2 heterocycles. The Kier molecular flexibility index (Phi) is 10.4. The van der Waals surface area contributed by atoms with E-state index in [2.05, 4.69) is 314 Å². The predicted octanol–water partition coefficient (Wildman–Crippen LogP) is 20.8. The molecule has 84 heavy (non-hydrogen) atoms. The van der Waals surface area contributed by atoms with Gasteiger partial charge in [0.05, 0.1) is 16.2 Å². The molecule has 392 valence electrons. The SMILES string of the molecule is c1ccc(C2(c3ccccc3)c3ccccc3-c3c(-c4cccc(N(c5ccc6c(c5)-c5ccccc5C65c6ccccc6Sc6ccccc65)c5ccc6c(c5)C5(c7ccccc7Sc7ccccc75)c5ccccc5-6)c4)cccc32)cc1. The Morgan fingerprint density at radius 2 is 0.595 bits per heavy atom. The summed E-state index contributed by atoms with van der Waals surface area (Å²) in [5, 5.41) is 0. The number of benzene rings is 13. The van der Waals surface area contributed by atoms with Crippen LogP contribution in [0.2, 0.25) is 0 Å². The largest absolute Gasteiger partial charge is 0.310 e. The number of hydrogen-bond acceptors (Lipinski definition) is 3. The lowest BCUT2D eigenvalue weighted by Gasteiger charge is -2.40. The molecule has 0 radical (unpaired) electrons. The second kappa shape index (κ2) is 18.2. The summed E-state index contributed by atoms with van der Waals surface area (Å²) in [5.74, 6) is 0. The fraction of sp³-hybridized carbons (Fsp3) is 0.0370.